The highest BCUT2D eigenvalue weighted by Crippen LogP contribution is 2.12. The van der Waals surface area contributed by atoms with Gasteiger partial charge in [-0.05, 0) is 18.2 Å². The first-order valence-corrected chi connectivity index (χ1v) is 6.61. The molecule has 22 heavy (non-hydrogen) atoms. The van der Waals surface area contributed by atoms with Crippen molar-refractivity contribution in [3.8, 4) is 0 Å². The topological polar surface area (TPSA) is 58.2 Å². The molecule has 0 bridgehead atoms. The number of para-hydroxylation sites is 1. The third-order valence-electron chi connectivity index (χ3n) is 2.90. The molecule has 0 atom stereocenters. The van der Waals surface area contributed by atoms with Crippen molar-refractivity contribution in [3.05, 3.63) is 65.7 Å². The zero-order valence-corrected chi connectivity index (χ0v) is 11.6. The number of amides is 2. The summed E-state index contributed by atoms with van der Waals surface area (Å²) in [5.41, 5.74) is 0.333. The Morgan fingerprint density at radius 3 is 2.18 bits per heavy atom. The van der Waals surface area contributed by atoms with Gasteiger partial charge in [-0.15, -0.1) is 0 Å². The molecular weight excluding hydrogens is 290 g/mol. The first-order valence-electron chi connectivity index (χ1n) is 6.61. The van der Waals surface area contributed by atoms with Crippen molar-refractivity contribution < 1.29 is 18.4 Å². The maximum Gasteiger partial charge on any atom is 0.233 e. The van der Waals surface area contributed by atoms with Gasteiger partial charge in [0.25, 0.3) is 0 Å². The van der Waals surface area contributed by atoms with Crippen LogP contribution in [0.2, 0.25) is 0 Å². The molecule has 0 aliphatic rings. The second-order valence-electron chi connectivity index (χ2n) is 4.57. The van der Waals surface area contributed by atoms with Crippen molar-refractivity contribution in [1.82, 2.24) is 5.32 Å². The van der Waals surface area contributed by atoms with E-state index in [1.165, 1.54) is 30.3 Å². The molecule has 114 valence electrons. The van der Waals surface area contributed by atoms with Gasteiger partial charge >= 0.3 is 0 Å². The predicted molar refractivity (Wildman–Crippen MR) is 77.9 cm³/mol. The molecule has 0 fully saturated rings. The Kier molecular flexibility index (Phi) is 5.19. The van der Waals surface area contributed by atoms with Crippen molar-refractivity contribution in [3.63, 3.8) is 0 Å². The molecule has 0 radical (unpaired) electrons. The molecule has 2 N–H and O–H groups in total. The maximum atomic E-state index is 13.4. The summed E-state index contributed by atoms with van der Waals surface area (Å²) in [4.78, 5) is 23.3. The summed E-state index contributed by atoms with van der Waals surface area (Å²) >= 11 is 0. The summed E-state index contributed by atoms with van der Waals surface area (Å²) in [7, 11) is 0. The van der Waals surface area contributed by atoms with Crippen molar-refractivity contribution in [2.75, 3.05) is 5.32 Å². The van der Waals surface area contributed by atoms with Crippen LogP contribution in [0.4, 0.5) is 14.5 Å². The van der Waals surface area contributed by atoms with Crippen LogP contribution in [0.3, 0.4) is 0 Å². The minimum atomic E-state index is -0.642. The Bertz CT molecular complexity index is 689. The van der Waals surface area contributed by atoms with Gasteiger partial charge < -0.3 is 10.6 Å². The van der Waals surface area contributed by atoms with Gasteiger partial charge in [-0.1, -0.05) is 30.3 Å². The van der Waals surface area contributed by atoms with Crippen LogP contribution in [0, 0.1) is 11.6 Å². The Morgan fingerprint density at radius 2 is 1.50 bits per heavy atom. The molecule has 0 spiro atoms. The molecule has 0 saturated heterocycles. The molecular formula is C16H14F2N2O2. The van der Waals surface area contributed by atoms with Gasteiger partial charge in [-0.2, -0.15) is 0 Å². The summed E-state index contributed by atoms with van der Waals surface area (Å²) in [6.45, 7) is -0.0154. The lowest BCUT2D eigenvalue weighted by atomic mass is 10.2. The Hall–Kier alpha value is -2.76. The Balaban J connectivity index is 1.83. The summed E-state index contributed by atoms with van der Waals surface area (Å²) in [6, 6.07) is 11.7. The molecule has 0 aliphatic carbocycles. The van der Waals surface area contributed by atoms with E-state index in [2.05, 4.69) is 10.6 Å². The third kappa shape index (κ3) is 4.37. The number of rotatable bonds is 5. The van der Waals surface area contributed by atoms with Crippen LogP contribution in [-0.2, 0) is 16.1 Å². The fourth-order valence-corrected chi connectivity index (χ4v) is 1.80. The van der Waals surface area contributed by atoms with Crippen molar-refractivity contribution in [1.29, 1.82) is 0 Å². The van der Waals surface area contributed by atoms with Crippen molar-refractivity contribution >= 4 is 17.5 Å². The number of hydrogen-bond acceptors (Lipinski definition) is 2. The number of carbonyl (C=O) groups is 2. The molecule has 6 heteroatoms. The monoisotopic (exact) mass is 304 g/mol. The van der Waals surface area contributed by atoms with E-state index in [9.17, 15) is 18.4 Å². The lowest BCUT2D eigenvalue weighted by molar-refractivity contribution is -0.126. The van der Waals surface area contributed by atoms with Crippen LogP contribution in [0.1, 0.15) is 12.0 Å². The largest absolute Gasteiger partial charge is 0.351 e. The van der Waals surface area contributed by atoms with Gasteiger partial charge in [0.2, 0.25) is 11.8 Å². The summed E-state index contributed by atoms with van der Waals surface area (Å²) in [6.07, 6.45) is -0.469. The van der Waals surface area contributed by atoms with E-state index in [1.807, 2.05) is 0 Å². The van der Waals surface area contributed by atoms with Gasteiger partial charge in [0.05, 0.1) is 5.69 Å². The first kappa shape index (κ1) is 15.6. The van der Waals surface area contributed by atoms with Crippen LogP contribution < -0.4 is 10.6 Å². The fourth-order valence-electron chi connectivity index (χ4n) is 1.80. The fraction of sp³-hybridized carbons (Fsp3) is 0.125. The minimum absolute atomic E-state index is 0.00871. The zero-order valence-electron chi connectivity index (χ0n) is 11.6. The molecule has 0 heterocycles. The van der Waals surface area contributed by atoms with Crippen LogP contribution in [0.25, 0.3) is 0 Å². The van der Waals surface area contributed by atoms with E-state index in [0.717, 1.165) is 0 Å². The van der Waals surface area contributed by atoms with Crippen LogP contribution in [-0.4, -0.2) is 11.8 Å². The molecule has 2 aromatic carbocycles. The highest BCUT2D eigenvalue weighted by Gasteiger charge is 2.12. The average Bonchev–Trinajstić information content (AvgIpc) is 2.49. The number of benzene rings is 2. The summed E-state index contributed by atoms with van der Waals surface area (Å²) in [5, 5.41) is 4.74. The molecule has 0 unspecified atom stereocenters. The maximum absolute atomic E-state index is 13.4. The second-order valence-corrected chi connectivity index (χ2v) is 4.57. The first-order chi connectivity index (χ1) is 10.6. The number of halogens is 2. The summed E-state index contributed by atoms with van der Waals surface area (Å²) < 4.78 is 26.7. The van der Waals surface area contributed by atoms with E-state index < -0.39 is 29.9 Å². The molecule has 2 amide bonds. The molecule has 0 aromatic heterocycles. The van der Waals surface area contributed by atoms with Gasteiger partial charge in [0.15, 0.2) is 0 Å². The molecule has 2 aromatic rings. The van der Waals surface area contributed by atoms with Gasteiger partial charge in [-0.3, -0.25) is 9.59 Å². The molecule has 0 aliphatic heterocycles. The summed E-state index contributed by atoms with van der Waals surface area (Å²) in [5.74, 6) is -2.23. The van der Waals surface area contributed by atoms with Gasteiger partial charge in [-0.25, -0.2) is 8.78 Å². The van der Waals surface area contributed by atoms with E-state index in [0.29, 0.717) is 5.56 Å². The van der Waals surface area contributed by atoms with E-state index in [4.69, 9.17) is 0 Å². The third-order valence-corrected chi connectivity index (χ3v) is 2.90. The number of anilines is 1. The van der Waals surface area contributed by atoms with Crippen molar-refractivity contribution in [2.45, 2.75) is 13.0 Å². The molecule has 2 rings (SSSR count). The SMILES string of the molecule is O=C(CC(=O)Nc1ccccc1F)NCc1ccccc1F. The Morgan fingerprint density at radius 1 is 0.864 bits per heavy atom. The van der Waals surface area contributed by atoms with Gasteiger partial charge in [0, 0.05) is 12.1 Å². The quantitative estimate of drug-likeness (QED) is 0.834. The second kappa shape index (κ2) is 7.31. The normalized spacial score (nSPS) is 10.1. The van der Waals surface area contributed by atoms with E-state index in [-0.39, 0.29) is 12.2 Å². The molecule has 4 nitrogen and oxygen atoms in total. The number of carbonyl (C=O) groups excluding carboxylic acids is 2. The van der Waals surface area contributed by atoms with E-state index >= 15 is 0 Å². The average molecular weight is 304 g/mol. The number of hydrogen-bond donors (Lipinski definition) is 2. The van der Waals surface area contributed by atoms with Crippen LogP contribution >= 0.6 is 0 Å². The van der Waals surface area contributed by atoms with E-state index in [1.54, 1.807) is 18.2 Å². The highest BCUT2D eigenvalue weighted by atomic mass is 19.1. The van der Waals surface area contributed by atoms with Gasteiger partial charge in [0.1, 0.15) is 18.1 Å². The lowest BCUT2D eigenvalue weighted by Gasteiger charge is -2.08. The smallest absolute Gasteiger partial charge is 0.233 e. The predicted octanol–water partition coefficient (Wildman–Crippen LogP) is 2.61. The zero-order chi connectivity index (χ0) is 15.9. The van der Waals surface area contributed by atoms with Crippen LogP contribution in [0.5, 0.6) is 0 Å². The minimum Gasteiger partial charge on any atom is -0.351 e. The number of nitrogens with one attached hydrogen (secondary N) is 2. The van der Waals surface area contributed by atoms with Crippen LogP contribution in [0.15, 0.2) is 48.5 Å². The standard InChI is InChI=1S/C16H14F2N2O2/c17-12-6-2-1-5-11(12)10-19-15(21)9-16(22)20-14-8-4-3-7-13(14)18/h1-8H,9-10H2,(H,19,21)(H,20,22). The Labute approximate surface area is 126 Å². The van der Waals surface area contributed by atoms with Crippen molar-refractivity contribution in [2.24, 2.45) is 0 Å². The highest BCUT2D eigenvalue weighted by molar-refractivity contribution is 6.03. The molecule has 0 saturated carbocycles. The lowest BCUT2D eigenvalue weighted by Crippen LogP contribution is -2.28.